The van der Waals surface area contributed by atoms with Crippen molar-refractivity contribution in [3.8, 4) is 0 Å². The quantitative estimate of drug-likeness (QED) is 0.890. The SMILES string of the molecule is CN(CCc1ccc(F)cc1)Cc1nc(C(=O)O)cs1. The maximum Gasteiger partial charge on any atom is 0.355 e. The Balaban J connectivity index is 1.84. The number of thiazole rings is 1. The van der Waals surface area contributed by atoms with Crippen LogP contribution in [0.5, 0.6) is 0 Å². The summed E-state index contributed by atoms with van der Waals surface area (Å²) in [6.45, 7) is 1.41. The van der Waals surface area contributed by atoms with E-state index in [1.165, 1.54) is 23.5 Å². The van der Waals surface area contributed by atoms with Gasteiger partial charge in [-0.2, -0.15) is 0 Å². The number of aromatic nitrogens is 1. The monoisotopic (exact) mass is 294 g/mol. The Morgan fingerprint density at radius 2 is 2.10 bits per heavy atom. The van der Waals surface area contributed by atoms with Gasteiger partial charge in [0.2, 0.25) is 0 Å². The lowest BCUT2D eigenvalue weighted by Gasteiger charge is -2.14. The van der Waals surface area contributed by atoms with Gasteiger partial charge >= 0.3 is 5.97 Å². The molecule has 0 amide bonds. The fourth-order valence-electron chi connectivity index (χ4n) is 1.76. The second-order valence-corrected chi connectivity index (χ2v) is 5.49. The van der Waals surface area contributed by atoms with Crippen molar-refractivity contribution >= 4 is 17.3 Å². The highest BCUT2D eigenvalue weighted by Gasteiger charge is 2.10. The van der Waals surface area contributed by atoms with Crippen molar-refractivity contribution < 1.29 is 14.3 Å². The Morgan fingerprint density at radius 3 is 2.70 bits per heavy atom. The first-order valence-corrected chi connectivity index (χ1v) is 7.03. The van der Waals surface area contributed by atoms with Gasteiger partial charge in [0.1, 0.15) is 10.8 Å². The molecule has 4 nitrogen and oxygen atoms in total. The molecule has 1 N–H and O–H groups in total. The van der Waals surface area contributed by atoms with Crippen molar-refractivity contribution in [2.75, 3.05) is 13.6 Å². The van der Waals surface area contributed by atoms with Crippen molar-refractivity contribution in [3.63, 3.8) is 0 Å². The summed E-state index contributed by atoms with van der Waals surface area (Å²) >= 11 is 1.35. The van der Waals surface area contributed by atoms with Crippen LogP contribution in [0.15, 0.2) is 29.6 Å². The molecular weight excluding hydrogens is 279 g/mol. The van der Waals surface area contributed by atoms with Gasteiger partial charge in [0.05, 0.1) is 6.54 Å². The number of nitrogens with zero attached hydrogens (tertiary/aromatic N) is 2. The number of hydrogen-bond acceptors (Lipinski definition) is 4. The van der Waals surface area contributed by atoms with Gasteiger partial charge in [-0.05, 0) is 31.2 Å². The molecule has 0 spiro atoms. The van der Waals surface area contributed by atoms with Gasteiger partial charge in [-0.3, -0.25) is 4.90 Å². The lowest BCUT2D eigenvalue weighted by atomic mass is 10.1. The van der Waals surface area contributed by atoms with Crippen LogP contribution in [0.2, 0.25) is 0 Å². The minimum absolute atomic E-state index is 0.0944. The molecule has 1 aromatic heterocycles. The van der Waals surface area contributed by atoms with Crippen LogP contribution in [0.3, 0.4) is 0 Å². The van der Waals surface area contributed by atoms with Gasteiger partial charge in [-0.1, -0.05) is 12.1 Å². The molecule has 6 heteroatoms. The van der Waals surface area contributed by atoms with E-state index in [1.807, 2.05) is 7.05 Å². The molecule has 0 bridgehead atoms. The average molecular weight is 294 g/mol. The van der Waals surface area contributed by atoms with Crippen molar-refractivity contribution in [3.05, 3.63) is 51.7 Å². The number of carbonyl (C=O) groups is 1. The van der Waals surface area contributed by atoms with Crippen molar-refractivity contribution in [2.24, 2.45) is 0 Å². The fraction of sp³-hybridized carbons (Fsp3) is 0.286. The molecule has 0 unspecified atom stereocenters. The number of hydrogen-bond donors (Lipinski definition) is 1. The number of benzene rings is 1. The molecule has 0 fully saturated rings. The molecule has 1 aromatic carbocycles. The van der Waals surface area contributed by atoms with Gasteiger partial charge in [-0.15, -0.1) is 11.3 Å². The van der Waals surface area contributed by atoms with E-state index in [1.54, 1.807) is 17.5 Å². The first-order valence-electron chi connectivity index (χ1n) is 6.15. The van der Waals surface area contributed by atoms with Crippen LogP contribution in [0, 0.1) is 5.82 Å². The van der Waals surface area contributed by atoms with Crippen molar-refractivity contribution in [1.82, 2.24) is 9.88 Å². The lowest BCUT2D eigenvalue weighted by molar-refractivity contribution is 0.0691. The lowest BCUT2D eigenvalue weighted by Crippen LogP contribution is -2.20. The predicted octanol–water partition coefficient (Wildman–Crippen LogP) is 2.65. The number of likely N-dealkylation sites (N-methyl/N-ethyl adjacent to an activating group) is 1. The Bertz CT molecular complexity index is 583. The normalized spacial score (nSPS) is 10.9. The van der Waals surface area contributed by atoms with Crippen molar-refractivity contribution in [1.29, 1.82) is 0 Å². The standard InChI is InChI=1S/C14H15FN2O2S/c1-17(7-6-10-2-4-11(15)5-3-10)8-13-16-12(9-20-13)14(18)19/h2-5,9H,6-8H2,1H3,(H,18,19). The predicted molar refractivity (Wildman–Crippen MR) is 75.5 cm³/mol. The highest BCUT2D eigenvalue weighted by atomic mass is 32.1. The number of carboxylic acid groups (broad SMARTS) is 1. The van der Waals surface area contributed by atoms with Crippen molar-refractivity contribution in [2.45, 2.75) is 13.0 Å². The number of halogens is 1. The summed E-state index contributed by atoms with van der Waals surface area (Å²) in [4.78, 5) is 16.8. The Kier molecular flexibility index (Phi) is 4.81. The average Bonchev–Trinajstić information content (AvgIpc) is 2.87. The van der Waals surface area contributed by atoms with Crippen LogP contribution in [-0.2, 0) is 13.0 Å². The van der Waals surface area contributed by atoms with Crippen LogP contribution in [0.4, 0.5) is 4.39 Å². The van der Waals surface area contributed by atoms with Crippen LogP contribution in [0.25, 0.3) is 0 Å². The fourth-order valence-corrected chi connectivity index (χ4v) is 2.61. The van der Waals surface area contributed by atoms with E-state index in [2.05, 4.69) is 9.88 Å². The third-order valence-corrected chi connectivity index (χ3v) is 3.71. The molecule has 0 aliphatic carbocycles. The molecule has 0 saturated heterocycles. The summed E-state index contributed by atoms with van der Waals surface area (Å²) < 4.78 is 12.8. The molecule has 0 saturated carbocycles. The molecule has 106 valence electrons. The highest BCUT2D eigenvalue weighted by Crippen LogP contribution is 2.12. The van der Waals surface area contributed by atoms with E-state index >= 15 is 0 Å². The van der Waals surface area contributed by atoms with Gasteiger partial charge in [-0.25, -0.2) is 14.2 Å². The van der Waals surface area contributed by atoms with E-state index in [0.29, 0.717) is 6.54 Å². The molecule has 2 aromatic rings. The minimum atomic E-state index is -0.999. The minimum Gasteiger partial charge on any atom is -0.476 e. The summed E-state index contributed by atoms with van der Waals surface area (Å²) in [6, 6.07) is 6.45. The van der Waals surface area contributed by atoms with Gasteiger partial charge in [0.15, 0.2) is 5.69 Å². The molecule has 2 rings (SSSR count). The van der Waals surface area contributed by atoms with E-state index in [4.69, 9.17) is 5.11 Å². The summed E-state index contributed by atoms with van der Waals surface area (Å²) in [5.74, 6) is -1.23. The van der Waals surface area contributed by atoms with Crippen LogP contribution >= 0.6 is 11.3 Å². The van der Waals surface area contributed by atoms with Crippen LogP contribution in [0.1, 0.15) is 21.1 Å². The molecule has 0 aliphatic heterocycles. The van der Waals surface area contributed by atoms with Gasteiger partial charge in [0.25, 0.3) is 0 Å². The van der Waals surface area contributed by atoms with E-state index < -0.39 is 5.97 Å². The maximum atomic E-state index is 12.8. The molecule has 0 atom stereocenters. The van der Waals surface area contributed by atoms with E-state index in [0.717, 1.165) is 23.5 Å². The molecule has 20 heavy (non-hydrogen) atoms. The molecule has 1 heterocycles. The van der Waals surface area contributed by atoms with Crippen LogP contribution in [-0.4, -0.2) is 34.6 Å². The third-order valence-electron chi connectivity index (χ3n) is 2.87. The third kappa shape index (κ3) is 4.11. The number of aromatic carboxylic acids is 1. The Hall–Kier alpha value is -1.79. The zero-order chi connectivity index (χ0) is 14.5. The van der Waals surface area contributed by atoms with Gasteiger partial charge in [0, 0.05) is 11.9 Å². The zero-order valence-corrected chi connectivity index (χ0v) is 11.9. The molecule has 0 radical (unpaired) electrons. The van der Waals surface area contributed by atoms with Gasteiger partial charge < -0.3 is 5.11 Å². The maximum absolute atomic E-state index is 12.8. The Labute approximate surface area is 120 Å². The molecule has 0 aliphatic rings. The molecular formula is C14H15FN2O2S. The summed E-state index contributed by atoms with van der Waals surface area (Å²) in [7, 11) is 1.95. The topological polar surface area (TPSA) is 53.4 Å². The summed E-state index contributed by atoms with van der Waals surface area (Å²) in [5, 5.41) is 11.1. The zero-order valence-electron chi connectivity index (χ0n) is 11.0. The highest BCUT2D eigenvalue weighted by molar-refractivity contribution is 7.09. The number of carboxylic acids is 1. The Morgan fingerprint density at radius 1 is 1.40 bits per heavy atom. The second-order valence-electron chi connectivity index (χ2n) is 4.55. The smallest absolute Gasteiger partial charge is 0.355 e. The number of rotatable bonds is 6. The largest absolute Gasteiger partial charge is 0.476 e. The van der Waals surface area contributed by atoms with E-state index in [9.17, 15) is 9.18 Å². The summed E-state index contributed by atoms with van der Waals surface area (Å²) in [5.41, 5.74) is 1.17. The first-order chi connectivity index (χ1) is 9.54. The van der Waals surface area contributed by atoms with Crippen LogP contribution < -0.4 is 0 Å². The first kappa shape index (κ1) is 14.6. The summed E-state index contributed by atoms with van der Waals surface area (Å²) in [6.07, 6.45) is 0.813. The second kappa shape index (κ2) is 6.58. The van der Waals surface area contributed by atoms with E-state index in [-0.39, 0.29) is 11.5 Å².